The normalized spacial score (nSPS) is 37.0. The van der Waals surface area contributed by atoms with Crippen molar-refractivity contribution < 1.29 is 19.1 Å². The second-order valence-corrected chi connectivity index (χ2v) is 12.7. The Balaban J connectivity index is 1.07. The predicted molar refractivity (Wildman–Crippen MR) is 148 cm³/mol. The van der Waals surface area contributed by atoms with E-state index in [9.17, 15) is 9.59 Å². The third-order valence-corrected chi connectivity index (χ3v) is 10.9. The van der Waals surface area contributed by atoms with Crippen LogP contribution in [0, 0.1) is 34.5 Å². The molecule has 8 heteroatoms. The zero-order valence-corrected chi connectivity index (χ0v) is 23.0. The van der Waals surface area contributed by atoms with Crippen molar-refractivity contribution in [1.29, 1.82) is 0 Å². The van der Waals surface area contributed by atoms with Gasteiger partial charge < -0.3 is 9.47 Å². The molecule has 0 unspecified atom stereocenters. The van der Waals surface area contributed by atoms with Crippen LogP contribution in [0.5, 0.6) is 0 Å². The first-order valence-electron chi connectivity index (χ1n) is 14.6. The fourth-order valence-corrected chi connectivity index (χ4v) is 8.92. The van der Waals surface area contributed by atoms with E-state index in [2.05, 4.69) is 34.4 Å². The van der Waals surface area contributed by atoms with Crippen LogP contribution in [0.3, 0.4) is 0 Å². The molecule has 208 valence electrons. The Morgan fingerprint density at radius 3 is 2.00 bits per heavy atom. The van der Waals surface area contributed by atoms with Crippen LogP contribution in [0.1, 0.15) is 71.6 Å². The molecule has 0 bridgehead atoms. The number of carbonyl (C=O) groups excluding carboxylic acids is 2. The topological polar surface area (TPSA) is 102 Å². The number of anilines is 2. The van der Waals surface area contributed by atoms with Gasteiger partial charge in [0.1, 0.15) is 12.2 Å². The lowest BCUT2D eigenvalue weighted by atomic mass is 9.45. The maximum atomic E-state index is 12.7. The average molecular weight is 533 g/mol. The highest BCUT2D eigenvalue weighted by molar-refractivity contribution is 5.85. The molecule has 2 aromatic rings. The molecule has 8 atom stereocenters. The molecule has 4 aliphatic carbocycles. The Morgan fingerprint density at radius 2 is 1.33 bits per heavy atom. The van der Waals surface area contributed by atoms with Crippen LogP contribution in [0.25, 0.3) is 0 Å². The number of pyridine rings is 2. The van der Waals surface area contributed by atoms with Crippen molar-refractivity contribution >= 4 is 23.6 Å². The maximum Gasteiger partial charge on any atom is 0.411 e. The summed E-state index contributed by atoms with van der Waals surface area (Å²) in [7, 11) is 0. The molecule has 2 heterocycles. The number of fused-ring (bicyclic) bond motifs is 5. The van der Waals surface area contributed by atoms with Crippen LogP contribution < -0.4 is 10.6 Å². The fraction of sp³-hybridized carbons (Fsp3) is 0.613. The van der Waals surface area contributed by atoms with E-state index in [1.54, 1.807) is 49.1 Å². The molecule has 0 aromatic carbocycles. The van der Waals surface area contributed by atoms with Crippen LogP contribution >= 0.6 is 0 Å². The van der Waals surface area contributed by atoms with E-state index in [1.807, 2.05) is 0 Å². The molecular formula is C31H40N4O4. The molecule has 8 nitrogen and oxygen atoms in total. The highest BCUT2D eigenvalue weighted by atomic mass is 16.6. The summed E-state index contributed by atoms with van der Waals surface area (Å²) in [5.41, 5.74) is 1.73. The minimum Gasteiger partial charge on any atom is -0.446 e. The number of rotatable bonds is 4. The van der Waals surface area contributed by atoms with Gasteiger partial charge in [-0.25, -0.2) is 9.59 Å². The lowest BCUT2D eigenvalue weighted by Gasteiger charge is -2.60. The molecule has 4 saturated carbocycles. The monoisotopic (exact) mass is 532 g/mol. The lowest BCUT2D eigenvalue weighted by Crippen LogP contribution is -2.55. The van der Waals surface area contributed by atoms with Gasteiger partial charge in [-0.2, -0.15) is 0 Å². The van der Waals surface area contributed by atoms with Crippen molar-refractivity contribution in [3.05, 3.63) is 49.1 Å². The average Bonchev–Trinajstić information content (AvgIpc) is 3.26. The van der Waals surface area contributed by atoms with Crippen molar-refractivity contribution in [2.45, 2.75) is 83.8 Å². The van der Waals surface area contributed by atoms with Gasteiger partial charge in [0.25, 0.3) is 0 Å². The van der Waals surface area contributed by atoms with Crippen molar-refractivity contribution in [2.75, 3.05) is 10.6 Å². The minimum atomic E-state index is -0.373. The number of hydrogen-bond donors (Lipinski definition) is 2. The molecule has 0 spiro atoms. The van der Waals surface area contributed by atoms with E-state index >= 15 is 0 Å². The summed E-state index contributed by atoms with van der Waals surface area (Å²) in [6.07, 6.45) is 15.6. The summed E-state index contributed by atoms with van der Waals surface area (Å²) in [6, 6.07) is 7.09. The number of carbonyl (C=O) groups is 2. The molecule has 4 fully saturated rings. The van der Waals surface area contributed by atoms with Crippen LogP contribution in [0.15, 0.2) is 49.1 Å². The van der Waals surface area contributed by atoms with Gasteiger partial charge in [-0.1, -0.05) is 13.8 Å². The Morgan fingerprint density at radius 1 is 0.744 bits per heavy atom. The Labute approximate surface area is 230 Å². The van der Waals surface area contributed by atoms with E-state index in [0.29, 0.717) is 35.0 Å². The number of aromatic nitrogens is 2. The summed E-state index contributed by atoms with van der Waals surface area (Å²) in [5.74, 6) is 2.53. The van der Waals surface area contributed by atoms with E-state index in [4.69, 9.17) is 9.47 Å². The Hall–Kier alpha value is -3.16. The van der Waals surface area contributed by atoms with E-state index in [-0.39, 0.29) is 35.2 Å². The summed E-state index contributed by atoms with van der Waals surface area (Å²) < 4.78 is 11.9. The molecule has 2 N–H and O–H groups in total. The molecule has 2 aromatic heterocycles. The molecular weight excluding hydrogens is 492 g/mol. The number of nitrogens with zero attached hydrogens (tertiary/aromatic N) is 2. The molecule has 4 aliphatic rings. The zero-order chi connectivity index (χ0) is 27.0. The maximum absolute atomic E-state index is 12.7. The van der Waals surface area contributed by atoms with Crippen molar-refractivity contribution in [3.63, 3.8) is 0 Å². The minimum absolute atomic E-state index is 0.0292. The highest BCUT2D eigenvalue weighted by Crippen LogP contribution is 2.66. The molecule has 0 saturated heterocycles. The number of ether oxygens (including phenoxy) is 2. The summed E-state index contributed by atoms with van der Waals surface area (Å²) in [6.45, 7) is 4.88. The van der Waals surface area contributed by atoms with Crippen LogP contribution in [0.4, 0.5) is 21.0 Å². The number of nitrogens with one attached hydrogen (secondary N) is 2. The number of amides is 2. The van der Waals surface area contributed by atoms with Gasteiger partial charge in [-0.15, -0.1) is 0 Å². The van der Waals surface area contributed by atoms with Gasteiger partial charge in [-0.3, -0.25) is 20.6 Å². The van der Waals surface area contributed by atoms with E-state index in [1.165, 1.54) is 19.3 Å². The third kappa shape index (κ3) is 4.98. The molecule has 0 aliphatic heterocycles. The van der Waals surface area contributed by atoms with Gasteiger partial charge >= 0.3 is 12.2 Å². The van der Waals surface area contributed by atoms with Gasteiger partial charge in [0.05, 0.1) is 0 Å². The third-order valence-electron chi connectivity index (χ3n) is 10.9. The number of hydrogen-bond acceptors (Lipinski definition) is 6. The summed E-state index contributed by atoms with van der Waals surface area (Å²) >= 11 is 0. The standard InChI is InChI=1S/C31H40N4O4/c1-30-13-7-23(38-28(36)34-21-9-15-32-16-10-21)19-20(30)3-4-24-25-5-6-27(31(25,2)14-8-26(24)30)39-29(37)35-22-11-17-33-18-12-22/h9-12,15-18,20,23-27H,3-8,13-14,19H2,1-2H3,(H,32,34,36)(H,33,35,37)/t20-,23-,24+,25+,26+,27+,30+,31+/m1/s1. The zero-order valence-electron chi connectivity index (χ0n) is 23.0. The second-order valence-electron chi connectivity index (χ2n) is 12.7. The lowest BCUT2D eigenvalue weighted by molar-refractivity contribution is -0.133. The first-order valence-corrected chi connectivity index (χ1v) is 14.6. The largest absolute Gasteiger partial charge is 0.446 e. The second kappa shape index (κ2) is 10.4. The van der Waals surface area contributed by atoms with Gasteiger partial charge in [0.15, 0.2) is 0 Å². The predicted octanol–water partition coefficient (Wildman–Crippen LogP) is 7.05. The van der Waals surface area contributed by atoms with Gasteiger partial charge in [0, 0.05) is 41.6 Å². The SMILES string of the molecule is C[C@]12CC[C@@H](OC(=O)Nc3ccncc3)C[C@H]1CC[C@@H]1[C@@H]2CC[C@]2(C)[C@@H](OC(=O)Nc3ccncc3)CC[C@@H]12. The first kappa shape index (κ1) is 26.1. The molecule has 0 radical (unpaired) electrons. The van der Waals surface area contributed by atoms with Crippen LogP contribution in [-0.4, -0.2) is 34.4 Å². The highest BCUT2D eigenvalue weighted by Gasteiger charge is 2.61. The van der Waals surface area contributed by atoms with Crippen molar-refractivity contribution in [3.8, 4) is 0 Å². The van der Waals surface area contributed by atoms with Crippen LogP contribution in [-0.2, 0) is 9.47 Å². The quantitative estimate of drug-likeness (QED) is 0.437. The van der Waals surface area contributed by atoms with Crippen molar-refractivity contribution in [1.82, 2.24) is 9.97 Å². The van der Waals surface area contributed by atoms with Crippen molar-refractivity contribution in [2.24, 2.45) is 34.5 Å². The fourth-order valence-electron chi connectivity index (χ4n) is 8.92. The molecule has 2 amide bonds. The van der Waals surface area contributed by atoms with E-state index < -0.39 is 0 Å². The smallest absolute Gasteiger partial charge is 0.411 e. The summed E-state index contributed by atoms with van der Waals surface area (Å²) in [4.78, 5) is 33.2. The first-order chi connectivity index (χ1) is 18.8. The Bertz CT molecular complexity index is 1180. The van der Waals surface area contributed by atoms with Gasteiger partial charge in [-0.05, 0) is 111 Å². The van der Waals surface area contributed by atoms with Crippen LogP contribution in [0.2, 0.25) is 0 Å². The molecule has 6 rings (SSSR count). The molecule has 39 heavy (non-hydrogen) atoms. The van der Waals surface area contributed by atoms with E-state index in [0.717, 1.165) is 38.5 Å². The summed E-state index contributed by atoms with van der Waals surface area (Å²) in [5, 5.41) is 5.70. The van der Waals surface area contributed by atoms with Gasteiger partial charge in [0.2, 0.25) is 0 Å². The Kier molecular flexibility index (Phi) is 6.98.